The molecule has 0 radical (unpaired) electrons. The zero-order chi connectivity index (χ0) is 14.2. The molecular formula is C19H28O. The lowest BCUT2D eigenvalue weighted by Crippen LogP contribution is -2.14. The minimum atomic E-state index is 0.723. The average molecular weight is 272 g/mol. The molecule has 1 aromatic carbocycles. The Balaban J connectivity index is 1.84. The van der Waals surface area contributed by atoms with Gasteiger partial charge >= 0.3 is 0 Å². The van der Waals surface area contributed by atoms with Crippen molar-refractivity contribution in [2.75, 3.05) is 0 Å². The zero-order valence-corrected chi connectivity index (χ0v) is 12.8. The van der Waals surface area contributed by atoms with Crippen LogP contribution in [-0.2, 0) is 0 Å². The molecule has 2 atom stereocenters. The molecule has 0 N–H and O–H groups in total. The topological polar surface area (TPSA) is 17.1 Å². The van der Waals surface area contributed by atoms with Crippen molar-refractivity contribution in [3.05, 3.63) is 35.4 Å². The largest absolute Gasteiger partial charge is 0.298 e. The Morgan fingerprint density at radius 1 is 1.10 bits per heavy atom. The van der Waals surface area contributed by atoms with Gasteiger partial charge in [0.1, 0.15) is 6.29 Å². The van der Waals surface area contributed by atoms with Crippen LogP contribution in [0, 0.1) is 5.92 Å². The molecule has 1 aliphatic carbocycles. The van der Waals surface area contributed by atoms with Gasteiger partial charge in [-0.25, -0.2) is 0 Å². The van der Waals surface area contributed by atoms with Crippen LogP contribution in [0.5, 0.6) is 0 Å². The average Bonchev–Trinajstić information content (AvgIpc) is 2.52. The molecule has 0 bridgehead atoms. The summed E-state index contributed by atoms with van der Waals surface area (Å²) in [6.45, 7) is 2.28. The Labute approximate surface area is 123 Å². The molecule has 0 aromatic heterocycles. The molecule has 110 valence electrons. The maximum atomic E-state index is 10.7. The molecule has 0 aliphatic heterocycles. The fourth-order valence-electron chi connectivity index (χ4n) is 3.56. The lowest BCUT2D eigenvalue weighted by Gasteiger charge is -2.29. The van der Waals surface area contributed by atoms with Crippen LogP contribution in [0.3, 0.4) is 0 Å². The molecule has 2 rings (SSSR count). The van der Waals surface area contributed by atoms with Gasteiger partial charge in [0.15, 0.2) is 0 Å². The van der Waals surface area contributed by atoms with E-state index in [1.54, 1.807) is 0 Å². The highest BCUT2D eigenvalue weighted by molar-refractivity contribution is 5.74. The Bertz CT molecular complexity index is 393. The van der Waals surface area contributed by atoms with E-state index < -0.39 is 0 Å². The maximum Gasteiger partial charge on any atom is 0.150 e. The van der Waals surface area contributed by atoms with Crippen LogP contribution in [0.1, 0.15) is 86.6 Å². The molecule has 0 spiro atoms. The van der Waals surface area contributed by atoms with Crippen LogP contribution in [-0.4, -0.2) is 6.29 Å². The standard InChI is InChI=1S/C19H28O/c1-2-3-4-5-7-16-8-6-9-19(14-16)18-12-10-17(15-20)11-13-18/h10-13,15-16,19H,2-9,14H2,1H3. The van der Waals surface area contributed by atoms with Crippen molar-refractivity contribution in [1.29, 1.82) is 0 Å². The van der Waals surface area contributed by atoms with Crippen LogP contribution < -0.4 is 0 Å². The van der Waals surface area contributed by atoms with E-state index >= 15 is 0 Å². The summed E-state index contributed by atoms with van der Waals surface area (Å²) in [6.07, 6.45) is 13.4. The van der Waals surface area contributed by atoms with Gasteiger partial charge in [-0.05, 0) is 30.2 Å². The summed E-state index contributed by atoms with van der Waals surface area (Å²) in [5, 5.41) is 0. The second-order valence-electron chi connectivity index (χ2n) is 6.36. The van der Waals surface area contributed by atoms with Gasteiger partial charge in [-0.3, -0.25) is 4.79 Å². The summed E-state index contributed by atoms with van der Waals surface area (Å²) in [5.74, 6) is 1.65. The quantitative estimate of drug-likeness (QED) is 0.456. The first-order valence-corrected chi connectivity index (χ1v) is 8.38. The number of hydrogen-bond donors (Lipinski definition) is 0. The van der Waals surface area contributed by atoms with Crippen molar-refractivity contribution < 1.29 is 4.79 Å². The molecule has 1 saturated carbocycles. The van der Waals surface area contributed by atoms with E-state index in [9.17, 15) is 4.79 Å². The fraction of sp³-hybridized carbons (Fsp3) is 0.632. The number of benzene rings is 1. The first kappa shape index (κ1) is 15.3. The number of carbonyl (C=O) groups excluding carboxylic acids is 1. The van der Waals surface area contributed by atoms with Crippen molar-refractivity contribution >= 4 is 6.29 Å². The summed E-state index contributed by atoms with van der Waals surface area (Å²) in [6, 6.07) is 8.25. The second-order valence-corrected chi connectivity index (χ2v) is 6.36. The Kier molecular flexibility index (Phi) is 6.29. The summed E-state index contributed by atoms with van der Waals surface area (Å²) in [5.41, 5.74) is 2.23. The molecule has 0 saturated heterocycles. The zero-order valence-electron chi connectivity index (χ0n) is 12.8. The fourth-order valence-corrected chi connectivity index (χ4v) is 3.56. The Morgan fingerprint density at radius 3 is 2.60 bits per heavy atom. The molecule has 0 heterocycles. The number of carbonyl (C=O) groups is 1. The molecule has 20 heavy (non-hydrogen) atoms. The van der Waals surface area contributed by atoms with Crippen molar-refractivity contribution in [1.82, 2.24) is 0 Å². The second kappa shape index (κ2) is 8.24. The normalized spacial score (nSPS) is 22.6. The van der Waals surface area contributed by atoms with Crippen molar-refractivity contribution in [3.63, 3.8) is 0 Å². The van der Waals surface area contributed by atoms with Gasteiger partial charge < -0.3 is 0 Å². The monoisotopic (exact) mass is 272 g/mol. The smallest absolute Gasteiger partial charge is 0.150 e. The molecule has 1 heteroatoms. The van der Waals surface area contributed by atoms with Crippen molar-refractivity contribution in [3.8, 4) is 0 Å². The van der Waals surface area contributed by atoms with Crippen LogP contribution >= 0.6 is 0 Å². The van der Waals surface area contributed by atoms with E-state index in [4.69, 9.17) is 0 Å². The highest BCUT2D eigenvalue weighted by Gasteiger charge is 2.22. The van der Waals surface area contributed by atoms with E-state index in [-0.39, 0.29) is 0 Å². The third-order valence-corrected chi connectivity index (χ3v) is 4.79. The predicted octanol–water partition coefficient (Wildman–Crippen LogP) is 5.74. The predicted molar refractivity (Wildman–Crippen MR) is 85.3 cm³/mol. The van der Waals surface area contributed by atoms with Crippen LogP contribution in [0.25, 0.3) is 0 Å². The first-order chi connectivity index (χ1) is 9.83. The summed E-state index contributed by atoms with van der Waals surface area (Å²) in [4.78, 5) is 10.7. The third kappa shape index (κ3) is 4.47. The Morgan fingerprint density at radius 2 is 1.90 bits per heavy atom. The van der Waals surface area contributed by atoms with Gasteiger partial charge in [-0.1, -0.05) is 76.1 Å². The highest BCUT2D eigenvalue weighted by Crippen LogP contribution is 2.38. The molecule has 1 nitrogen and oxygen atoms in total. The van der Waals surface area contributed by atoms with E-state index in [0.29, 0.717) is 0 Å². The molecule has 2 unspecified atom stereocenters. The molecule has 0 amide bonds. The number of rotatable bonds is 7. The van der Waals surface area contributed by atoms with E-state index in [1.807, 2.05) is 12.1 Å². The summed E-state index contributed by atoms with van der Waals surface area (Å²) in [7, 11) is 0. The number of hydrogen-bond acceptors (Lipinski definition) is 1. The number of aldehydes is 1. The molecule has 1 aromatic rings. The van der Waals surface area contributed by atoms with E-state index in [0.717, 1.165) is 23.7 Å². The summed E-state index contributed by atoms with van der Waals surface area (Å²) >= 11 is 0. The van der Waals surface area contributed by atoms with Crippen LogP contribution in [0.2, 0.25) is 0 Å². The third-order valence-electron chi connectivity index (χ3n) is 4.79. The van der Waals surface area contributed by atoms with E-state index in [2.05, 4.69) is 19.1 Å². The molecular weight excluding hydrogens is 244 g/mol. The van der Waals surface area contributed by atoms with Gasteiger partial charge in [0.05, 0.1) is 0 Å². The van der Waals surface area contributed by atoms with Gasteiger partial charge in [-0.15, -0.1) is 0 Å². The molecule has 1 aliphatic rings. The van der Waals surface area contributed by atoms with Gasteiger partial charge in [0.25, 0.3) is 0 Å². The number of unbranched alkanes of at least 4 members (excludes halogenated alkanes) is 3. The first-order valence-electron chi connectivity index (χ1n) is 8.38. The minimum absolute atomic E-state index is 0.723. The lowest BCUT2D eigenvalue weighted by atomic mass is 9.76. The van der Waals surface area contributed by atoms with Gasteiger partial charge in [-0.2, -0.15) is 0 Å². The highest BCUT2D eigenvalue weighted by atomic mass is 16.1. The SMILES string of the molecule is CCCCCCC1CCCC(c2ccc(C=O)cc2)C1. The van der Waals surface area contributed by atoms with Crippen molar-refractivity contribution in [2.45, 2.75) is 70.6 Å². The van der Waals surface area contributed by atoms with E-state index in [1.165, 1.54) is 63.4 Å². The summed E-state index contributed by atoms with van der Waals surface area (Å²) < 4.78 is 0. The molecule has 1 fully saturated rings. The lowest BCUT2D eigenvalue weighted by molar-refractivity contribution is 0.112. The Hall–Kier alpha value is -1.11. The van der Waals surface area contributed by atoms with Crippen LogP contribution in [0.4, 0.5) is 0 Å². The van der Waals surface area contributed by atoms with Crippen LogP contribution in [0.15, 0.2) is 24.3 Å². The minimum Gasteiger partial charge on any atom is -0.298 e. The maximum absolute atomic E-state index is 10.7. The van der Waals surface area contributed by atoms with Crippen molar-refractivity contribution in [2.24, 2.45) is 5.92 Å². The van der Waals surface area contributed by atoms with Gasteiger partial charge in [0.2, 0.25) is 0 Å². The van der Waals surface area contributed by atoms with Gasteiger partial charge in [0, 0.05) is 5.56 Å².